The number of carboxylic acid groups (broad SMARTS) is 1. The molecule has 1 N–H and O–H groups in total. The van der Waals surface area contributed by atoms with Gasteiger partial charge in [-0.05, 0) is 17.5 Å². The highest BCUT2D eigenvalue weighted by atomic mass is 16.6. The monoisotopic (exact) mass is 325 g/mol. The molecule has 0 saturated carbocycles. The maximum atomic E-state index is 11.5. The van der Waals surface area contributed by atoms with Gasteiger partial charge in [0.1, 0.15) is 16.1 Å². The molecule has 0 atom stereocenters. The Morgan fingerprint density at radius 3 is 2.42 bits per heavy atom. The van der Waals surface area contributed by atoms with Crippen LogP contribution in [0.2, 0.25) is 0 Å². The van der Waals surface area contributed by atoms with Crippen LogP contribution >= 0.6 is 0 Å². The zero-order chi connectivity index (χ0) is 17.3. The van der Waals surface area contributed by atoms with Crippen molar-refractivity contribution in [3.63, 3.8) is 0 Å². The van der Waals surface area contributed by atoms with Crippen LogP contribution in [0.4, 0.5) is 5.88 Å². The lowest BCUT2D eigenvalue weighted by atomic mass is 9.96. The molecule has 0 spiro atoms. The molecule has 0 aliphatic heterocycles. The van der Waals surface area contributed by atoms with Crippen LogP contribution in [0.15, 0.2) is 46.9 Å². The average Bonchev–Trinajstić information content (AvgIpc) is 2.97. The number of aliphatic carboxylic acids is 1. The van der Waals surface area contributed by atoms with E-state index in [-0.39, 0.29) is 17.9 Å². The van der Waals surface area contributed by atoms with Gasteiger partial charge in [-0.25, -0.2) is 0 Å². The normalized spacial score (nSPS) is 10.9. The Balaban J connectivity index is 2.42. The topological polar surface area (TPSA) is 93.6 Å². The molecule has 3 aromatic rings. The van der Waals surface area contributed by atoms with Gasteiger partial charge in [0.25, 0.3) is 0 Å². The molecule has 3 rings (SSSR count). The predicted molar refractivity (Wildman–Crippen MR) is 89.0 cm³/mol. The van der Waals surface area contributed by atoms with E-state index in [9.17, 15) is 14.9 Å². The van der Waals surface area contributed by atoms with Gasteiger partial charge in [0.15, 0.2) is 0 Å². The van der Waals surface area contributed by atoms with E-state index >= 15 is 0 Å². The first-order valence-electron chi connectivity index (χ1n) is 7.51. The molecule has 0 radical (unpaired) electrons. The highest BCUT2D eigenvalue weighted by Crippen LogP contribution is 2.42. The first-order chi connectivity index (χ1) is 11.5. The Bertz CT molecular complexity index is 927. The molecule has 0 bridgehead atoms. The fourth-order valence-corrected chi connectivity index (χ4v) is 2.91. The van der Waals surface area contributed by atoms with E-state index in [1.807, 2.05) is 19.1 Å². The van der Waals surface area contributed by atoms with Gasteiger partial charge in [-0.1, -0.05) is 49.4 Å². The quantitative estimate of drug-likeness (QED) is 0.560. The molecule has 6 heteroatoms. The Labute approximate surface area is 137 Å². The summed E-state index contributed by atoms with van der Waals surface area (Å²) in [7, 11) is 0. The summed E-state index contributed by atoms with van der Waals surface area (Å²) in [6, 6.07) is 12.5. The van der Waals surface area contributed by atoms with Crippen LogP contribution in [-0.4, -0.2) is 16.0 Å². The highest BCUT2D eigenvalue weighted by molar-refractivity contribution is 6.02. The second-order valence-electron chi connectivity index (χ2n) is 5.42. The summed E-state index contributed by atoms with van der Waals surface area (Å²) in [4.78, 5) is 22.0. The lowest BCUT2D eigenvalue weighted by molar-refractivity contribution is -0.400. The van der Waals surface area contributed by atoms with E-state index in [1.54, 1.807) is 30.3 Å². The van der Waals surface area contributed by atoms with E-state index in [1.165, 1.54) is 0 Å². The van der Waals surface area contributed by atoms with Crippen molar-refractivity contribution in [3.8, 4) is 11.1 Å². The molecule has 24 heavy (non-hydrogen) atoms. The third-order valence-electron chi connectivity index (χ3n) is 3.94. The number of furan rings is 1. The van der Waals surface area contributed by atoms with Crippen LogP contribution in [0.5, 0.6) is 0 Å². The van der Waals surface area contributed by atoms with E-state index in [0.717, 1.165) is 5.56 Å². The van der Waals surface area contributed by atoms with Gasteiger partial charge in [0.2, 0.25) is 0 Å². The molecule has 0 saturated heterocycles. The number of hydrogen-bond acceptors (Lipinski definition) is 4. The van der Waals surface area contributed by atoms with E-state index in [2.05, 4.69) is 0 Å². The number of carbonyl (C=O) groups is 1. The second-order valence-corrected chi connectivity index (χ2v) is 5.42. The van der Waals surface area contributed by atoms with Gasteiger partial charge >= 0.3 is 11.9 Å². The largest absolute Gasteiger partial charge is 0.481 e. The first kappa shape index (κ1) is 15.7. The van der Waals surface area contributed by atoms with Gasteiger partial charge in [0, 0.05) is 10.9 Å². The number of hydrogen-bond donors (Lipinski definition) is 1. The van der Waals surface area contributed by atoms with Crippen molar-refractivity contribution in [2.75, 3.05) is 0 Å². The van der Waals surface area contributed by atoms with Crippen LogP contribution < -0.4 is 0 Å². The standard InChI is InChI=1S/C18H15NO5/c1-2-11-8-9-13(10-14(20)21)17-15(11)16(18(24-17)19(22)23)12-6-4-3-5-7-12/h3-9H,2,10H2,1H3,(H,20,21). The Hall–Kier alpha value is -3.15. The molecule has 0 unspecified atom stereocenters. The molecule has 0 aliphatic carbocycles. The summed E-state index contributed by atoms with van der Waals surface area (Å²) >= 11 is 0. The summed E-state index contributed by atoms with van der Waals surface area (Å²) in [6.45, 7) is 1.94. The van der Waals surface area contributed by atoms with Crippen LogP contribution in [0, 0.1) is 10.1 Å². The molecule has 1 heterocycles. The van der Waals surface area contributed by atoms with Crippen molar-refractivity contribution >= 4 is 22.8 Å². The summed E-state index contributed by atoms with van der Waals surface area (Å²) in [6.07, 6.45) is 0.403. The molecule has 0 aliphatic rings. The number of fused-ring (bicyclic) bond motifs is 1. The van der Waals surface area contributed by atoms with Crippen LogP contribution in [-0.2, 0) is 17.6 Å². The number of nitrogens with zero attached hydrogens (tertiary/aromatic N) is 1. The maximum Gasteiger partial charge on any atom is 0.442 e. The lowest BCUT2D eigenvalue weighted by Gasteiger charge is -2.05. The molecule has 0 amide bonds. The van der Waals surface area contributed by atoms with Crippen LogP contribution in [0.3, 0.4) is 0 Å². The van der Waals surface area contributed by atoms with E-state index < -0.39 is 10.9 Å². The number of nitro groups is 1. The van der Waals surface area contributed by atoms with Crippen molar-refractivity contribution in [1.82, 2.24) is 0 Å². The second kappa shape index (κ2) is 6.16. The predicted octanol–water partition coefficient (Wildman–Crippen LogP) is 4.20. The number of aryl methyl sites for hydroxylation is 1. The zero-order valence-electron chi connectivity index (χ0n) is 13.0. The molecule has 1 aromatic heterocycles. The van der Waals surface area contributed by atoms with Crippen molar-refractivity contribution < 1.29 is 19.2 Å². The SMILES string of the molecule is CCc1ccc(CC(=O)O)c2oc([N+](=O)[O-])c(-c3ccccc3)c12. The summed E-state index contributed by atoms with van der Waals surface area (Å²) < 4.78 is 5.53. The van der Waals surface area contributed by atoms with Crippen molar-refractivity contribution in [2.45, 2.75) is 19.8 Å². The fraction of sp³-hybridized carbons (Fsp3) is 0.167. The first-order valence-corrected chi connectivity index (χ1v) is 7.51. The minimum absolute atomic E-state index is 0.251. The van der Waals surface area contributed by atoms with Crippen molar-refractivity contribution in [2.24, 2.45) is 0 Å². The van der Waals surface area contributed by atoms with Crippen molar-refractivity contribution in [1.29, 1.82) is 0 Å². The third-order valence-corrected chi connectivity index (χ3v) is 3.94. The molecule has 122 valence electrons. The number of rotatable bonds is 5. The summed E-state index contributed by atoms with van der Waals surface area (Å²) in [5.74, 6) is -1.37. The maximum absolute atomic E-state index is 11.5. The average molecular weight is 325 g/mol. The zero-order valence-corrected chi connectivity index (χ0v) is 13.0. The van der Waals surface area contributed by atoms with Gasteiger partial charge in [0.05, 0.1) is 6.42 Å². The molecule has 2 aromatic carbocycles. The Morgan fingerprint density at radius 2 is 1.83 bits per heavy atom. The highest BCUT2D eigenvalue weighted by Gasteiger charge is 2.28. The minimum atomic E-state index is -1.01. The third kappa shape index (κ3) is 2.62. The lowest BCUT2D eigenvalue weighted by Crippen LogP contribution is -2.00. The Morgan fingerprint density at radius 1 is 1.17 bits per heavy atom. The smallest absolute Gasteiger partial charge is 0.442 e. The van der Waals surface area contributed by atoms with E-state index in [4.69, 9.17) is 9.52 Å². The molecular formula is C18H15NO5. The Kier molecular flexibility index (Phi) is 4.04. The summed E-state index contributed by atoms with van der Waals surface area (Å²) in [5, 5.41) is 21.2. The van der Waals surface area contributed by atoms with Crippen LogP contribution in [0.25, 0.3) is 22.1 Å². The molecule has 0 fully saturated rings. The van der Waals surface area contributed by atoms with Crippen molar-refractivity contribution in [3.05, 3.63) is 63.7 Å². The number of carboxylic acids is 1. The van der Waals surface area contributed by atoms with Gasteiger partial charge in [-0.15, -0.1) is 0 Å². The van der Waals surface area contributed by atoms with Gasteiger partial charge < -0.3 is 9.52 Å². The van der Waals surface area contributed by atoms with E-state index in [0.29, 0.717) is 28.5 Å². The number of benzene rings is 2. The minimum Gasteiger partial charge on any atom is -0.481 e. The van der Waals surface area contributed by atoms with Gasteiger partial charge in [-0.3, -0.25) is 14.9 Å². The molecular weight excluding hydrogens is 310 g/mol. The van der Waals surface area contributed by atoms with Gasteiger partial charge in [-0.2, -0.15) is 0 Å². The molecule has 6 nitrogen and oxygen atoms in total. The fourth-order valence-electron chi connectivity index (χ4n) is 2.91. The van der Waals surface area contributed by atoms with Crippen LogP contribution in [0.1, 0.15) is 18.1 Å². The summed E-state index contributed by atoms with van der Waals surface area (Å²) in [5.41, 5.74) is 2.67.